The lowest BCUT2D eigenvalue weighted by Crippen LogP contribution is -2.71. The summed E-state index contributed by atoms with van der Waals surface area (Å²) >= 11 is 0. The Morgan fingerprint density at radius 2 is 0.730 bits per heavy atom. The normalized spacial score (nSPS) is 50.6. The maximum absolute atomic E-state index is 13.0. The summed E-state index contributed by atoms with van der Waals surface area (Å²) in [4.78, 5) is 37.4. The van der Waals surface area contributed by atoms with Gasteiger partial charge in [0.2, 0.25) is 11.8 Å². The van der Waals surface area contributed by atoms with Gasteiger partial charge in [-0.05, 0) is 20.8 Å². The van der Waals surface area contributed by atoms with Crippen LogP contribution in [-0.4, -0.2) is 531 Å². The quantitative estimate of drug-likeness (QED) is 0.0306. The van der Waals surface area contributed by atoms with Crippen molar-refractivity contribution in [2.45, 2.75) is 360 Å². The van der Waals surface area contributed by atoms with E-state index in [4.69, 9.17) is 95.7 Å². The Morgan fingerprint density at radius 3 is 1.21 bits per heavy atom. The van der Waals surface area contributed by atoms with Gasteiger partial charge in [-0.25, -0.2) is 4.79 Å². The van der Waals surface area contributed by atoms with E-state index in [-0.39, 0.29) is 0 Å². The van der Waals surface area contributed by atoms with Gasteiger partial charge >= 0.3 is 5.97 Å². The maximum Gasteiger partial charge on any atom is 0.364 e. The highest BCUT2D eigenvalue weighted by Gasteiger charge is 2.63. The summed E-state index contributed by atoms with van der Waals surface area (Å²) in [6, 6.07) is -5.38. The van der Waals surface area contributed by atoms with E-state index in [1.54, 1.807) is 0 Å². The molecule has 0 aromatic rings. The number of rotatable bonds is 31. The summed E-state index contributed by atoms with van der Waals surface area (Å²) < 4.78 is 112. The summed E-state index contributed by atoms with van der Waals surface area (Å²) in [7, 11) is 0. The van der Waals surface area contributed by atoms with E-state index in [0.29, 0.717) is 0 Å². The van der Waals surface area contributed by atoms with Crippen LogP contribution in [0.1, 0.15) is 41.0 Å². The van der Waals surface area contributed by atoms with E-state index in [1.807, 2.05) is 0 Å². The zero-order valence-electron chi connectivity index (χ0n) is 65.6. The molecule has 10 aliphatic rings. The number of nitrogens with one attached hydrogen (secondary N) is 2. The third-order valence-electron chi connectivity index (χ3n) is 22.8. The molecule has 0 aromatic carbocycles. The molecular formula is C68H115N3O51. The number of aliphatic hydroxyl groups excluding tert-OH is 27. The predicted octanol–water partition coefficient (Wildman–Crippen LogP) is -20.9. The van der Waals surface area contributed by atoms with Gasteiger partial charge in [-0.1, -0.05) is 0 Å². The molecule has 0 spiro atoms. The highest BCUT2D eigenvalue weighted by molar-refractivity contribution is 5.75. The van der Waals surface area contributed by atoms with Crippen LogP contribution in [0.5, 0.6) is 0 Å². The highest BCUT2D eigenvalue weighted by atomic mass is 16.8. The van der Waals surface area contributed by atoms with E-state index >= 15 is 0 Å². The fraction of sp³-hybridized carbons (Fsp3) is 0.956. The lowest BCUT2D eigenvalue weighted by molar-refractivity contribution is -0.400. The number of amides is 2. The first-order valence-electron chi connectivity index (χ1n) is 39.0. The number of carbonyl (C=O) groups excluding carboxylic acids is 2. The van der Waals surface area contributed by atoms with Crippen LogP contribution in [-0.2, 0) is 104 Å². The first kappa shape index (κ1) is 101. The molecule has 0 saturated carbocycles. The fourth-order valence-electron chi connectivity index (χ4n) is 15.8. The molecule has 54 heteroatoms. The SMILES string of the molecule is CC(=O)N[C@@H]1[C@H](O[C@H]2[C@@H](O)[C@@H](C)O[C@@H](O[C@H]3[C@H](OC[C@H]4O[C@H](O[C@@H]5[C@H](O[C@@H]6O[C@H](CO[C@H]7O[C@H](CO)[C@@H](O)[C@H](O)[C@H]7O)[C@@H](O)[C@H](O)[C@H]6O)[C@@H](N)[C@@H](O[C@@H]6[C@H](O)[C@@H](O[C@@H]7[C@H](O)[C@@H](O[C@H]8[C@@H]([C@H](O)CO)OC(O)(C(=O)O)C[C@H]8O)O[C@H]([C@@H](O)CO)[C@H]7O)O[C@H]([C@@H](O)CO)[C@H]6O)O[C@@H]5CO)[C@H](O)[C@@H](O)[C@@H]4O)O[C@@H](C)[C@H](O)[C@H]3O)[C@@H]2NC(C)=O)O[C@@H](C)[C@@H](O)[C@H]1O. The standard InChI is InChI=1S/C68H115N3O51/c1-14-30(83)36(89)28(70-17(4)77)59(106-14)118-54-29(71-18(5)78)60(107-16(3)32(54)85)121-57-40(93)31(84)15(2)108-66(57)105-13-26-35(88)38(91)42(95)62(111-26)116-52-24(11-76)110-58(27(69)53(52)117-63-43(96)39(92)34(87)25(112-63)12-104-61-41(94)37(90)33(86)23(10-75)109-61)119-55-44(97)48(20(80)7-72)114-65(46(55)99)120-56-45(98)49(21(81)8-73)113-64(47(56)100)115-50-19(79)6-68(103,67(101)102)122-51(50)22(82)9-74/h14-16,19-66,72-76,79-100,103H,6-13,69H2,1-5H3,(H,70,77)(H,71,78)(H,101,102)/t14-,15-,16+,19+,20-,21-,22+,23+,24+,25+,26+,27+,28-,29+,30+,31-,32-,33+,34+,35+,36-,37-,38-,39-,40+,41+,42+,43+,44+,45+,46-,47-,48+,49+,50+,51+,52-,53+,54+,55-,56-,57+,58+,59-,60-,61-,62+,63-,64+,65+,66+,68?/m0/s1. The molecule has 52 atom stereocenters. The summed E-state index contributed by atoms with van der Waals surface area (Å²) in [5.41, 5.74) is 6.94. The number of carbonyl (C=O) groups is 3. The van der Waals surface area contributed by atoms with Crippen molar-refractivity contribution in [2.75, 3.05) is 46.2 Å². The second-order valence-corrected chi connectivity index (χ2v) is 31.5. The smallest absolute Gasteiger partial charge is 0.364 e. The van der Waals surface area contributed by atoms with Crippen molar-refractivity contribution in [3.05, 3.63) is 0 Å². The van der Waals surface area contributed by atoms with Gasteiger partial charge in [0.05, 0.1) is 76.7 Å². The van der Waals surface area contributed by atoms with Crippen LogP contribution in [0.25, 0.3) is 0 Å². The largest absolute Gasteiger partial charge is 0.477 e. The minimum absolute atomic E-state index is 0.718. The molecule has 10 aliphatic heterocycles. The van der Waals surface area contributed by atoms with Gasteiger partial charge in [0.15, 0.2) is 56.6 Å². The Labute approximate surface area is 690 Å². The summed E-state index contributed by atoms with van der Waals surface area (Å²) in [6.07, 6.45) is -102. The van der Waals surface area contributed by atoms with Gasteiger partial charge in [0, 0.05) is 20.3 Å². The zero-order valence-corrected chi connectivity index (χ0v) is 65.6. The number of hydrogen-bond acceptors (Lipinski definition) is 51. The fourth-order valence-corrected chi connectivity index (χ4v) is 15.8. The molecule has 2 amide bonds. The Kier molecular flexibility index (Phi) is 35.1. The van der Waals surface area contributed by atoms with Crippen LogP contribution >= 0.6 is 0 Å². The molecule has 0 aliphatic carbocycles. The molecular weight excluding hydrogens is 1670 g/mol. The van der Waals surface area contributed by atoms with Gasteiger partial charge in [0.1, 0.15) is 226 Å². The van der Waals surface area contributed by atoms with Crippen LogP contribution in [0.4, 0.5) is 0 Å². The first-order chi connectivity index (χ1) is 57.4. The van der Waals surface area contributed by atoms with Crippen LogP contribution in [0, 0.1) is 0 Å². The van der Waals surface area contributed by atoms with Gasteiger partial charge < -0.3 is 254 Å². The van der Waals surface area contributed by atoms with Crippen LogP contribution in [0.15, 0.2) is 0 Å². The number of nitrogens with two attached hydrogens (primary N) is 1. The molecule has 0 aromatic heterocycles. The Balaban J connectivity index is 0.936. The van der Waals surface area contributed by atoms with Crippen molar-refractivity contribution < 1.29 is 252 Å². The minimum atomic E-state index is -3.24. The molecule has 10 rings (SSSR count). The number of carboxylic acids is 1. The highest BCUT2D eigenvalue weighted by Crippen LogP contribution is 2.42. The van der Waals surface area contributed by atoms with Gasteiger partial charge in [-0.2, -0.15) is 0 Å². The van der Waals surface area contributed by atoms with Crippen molar-refractivity contribution >= 4 is 17.8 Å². The molecule has 10 heterocycles. The van der Waals surface area contributed by atoms with Crippen molar-refractivity contribution in [1.82, 2.24) is 10.6 Å². The molecule has 54 nitrogen and oxygen atoms in total. The average Bonchev–Trinajstić information content (AvgIpc) is 0.767. The average molecular weight is 1790 g/mol. The van der Waals surface area contributed by atoms with E-state index in [2.05, 4.69) is 10.6 Å². The maximum atomic E-state index is 13.0. The molecule has 33 N–H and O–H groups in total. The second-order valence-electron chi connectivity index (χ2n) is 31.5. The lowest BCUT2D eigenvalue weighted by atomic mass is 9.91. The molecule has 122 heavy (non-hydrogen) atoms. The third kappa shape index (κ3) is 21.6. The topological polar surface area (TPSA) is 863 Å². The first-order valence-corrected chi connectivity index (χ1v) is 39.0. The summed E-state index contributed by atoms with van der Waals surface area (Å²) in [6.45, 7) is -2.08. The Bertz CT molecular complexity index is 3290. The van der Waals surface area contributed by atoms with Gasteiger partial charge in [-0.15, -0.1) is 0 Å². The summed E-state index contributed by atoms with van der Waals surface area (Å²) in [5, 5.41) is 326. The molecule has 708 valence electrons. The number of aliphatic hydroxyl groups is 28. The van der Waals surface area contributed by atoms with Crippen LogP contribution in [0.3, 0.4) is 0 Å². The number of hydrogen-bond donors (Lipinski definition) is 32. The van der Waals surface area contributed by atoms with E-state index in [1.165, 1.54) is 20.8 Å². The van der Waals surface area contributed by atoms with Crippen molar-refractivity contribution in [3.63, 3.8) is 0 Å². The lowest BCUT2D eigenvalue weighted by Gasteiger charge is -2.52. The number of carboxylic acid groups (broad SMARTS) is 1. The Morgan fingerprint density at radius 1 is 0.361 bits per heavy atom. The van der Waals surface area contributed by atoms with Crippen LogP contribution in [0.2, 0.25) is 0 Å². The molecule has 10 fully saturated rings. The monoisotopic (exact) mass is 1790 g/mol. The number of ether oxygens (including phenoxy) is 19. The van der Waals surface area contributed by atoms with Gasteiger partial charge in [0.25, 0.3) is 5.79 Å². The zero-order chi connectivity index (χ0) is 90.2. The van der Waals surface area contributed by atoms with Gasteiger partial charge in [-0.3, -0.25) is 9.59 Å². The molecule has 0 radical (unpaired) electrons. The van der Waals surface area contributed by atoms with Crippen molar-refractivity contribution in [1.29, 1.82) is 0 Å². The molecule has 0 bridgehead atoms. The number of aliphatic carboxylic acids is 1. The molecule has 10 saturated heterocycles. The van der Waals surface area contributed by atoms with E-state index in [0.717, 1.165) is 13.8 Å². The minimum Gasteiger partial charge on any atom is -0.477 e. The molecule has 1 unspecified atom stereocenters. The van der Waals surface area contributed by atoms with E-state index < -0.39 is 389 Å². The van der Waals surface area contributed by atoms with Crippen molar-refractivity contribution in [3.8, 4) is 0 Å². The predicted molar refractivity (Wildman–Crippen MR) is 374 cm³/mol. The Hall–Kier alpha value is -3.51. The van der Waals surface area contributed by atoms with Crippen molar-refractivity contribution in [2.24, 2.45) is 5.73 Å². The second kappa shape index (κ2) is 42.6. The summed E-state index contributed by atoms with van der Waals surface area (Å²) in [5.74, 6) is -6.87. The van der Waals surface area contributed by atoms with E-state index in [9.17, 15) is 162 Å². The third-order valence-corrected chi connectivity index (χ3v) is 22.8. The van der Waals surface area contributed by atoms with Crippen LogP contribution < -0.4 is 16.4 Å².